The Kier molecular flexibility index (Phi) is 3.04. The van der Waals surface area contributed by atoms with Crippen molar-refractivity contribution in [2.75, 3.05) is 7.11 Å². The van der Waals surface area contributed by atoms with Crippen LogP contribution in [-0.2, 0) is 9.53 Å². The van der Waals surface area contributed by atoms with Gasteiger partial charge in [0.05, 0.1) is 3.79 Å². The summed E-state index contributed by atoms with van der Waals surface area (Å²) in [4.78, 5) is 12.7. The van der Waals surface area contributed by atoms with E-state index < -0.39 is 0 Å². The van der Waals surface area contributed by atoms with Crippen molar-refractivity contribution >= 4 is 33.0 Å². The van der Waals surface area contributed by atoms with E-state index in [1.807, 2.05) is 6.07 Å². The molecule has 1 aliphatic carbocycles. The Morgan fingerprint density at radius 3 is 2.86 bits per heavy atom. The van der Waals surface area contributed by atoms with Crippen molar-refractivity contribution in [1.29, 1.82) is 0 Å². The molecule has 1 aromatic rings. The van der Waals surface area contributed by atoms with Crippen molar-refractivity contribution in [3.05, 3.63) is 20.8 Å². The number of Topliss-reactive ketones (excluding diaryl/α,β-unsaturated/α-hetero) is 1. The average Bonchev–Trinajstić information content (AvgIpc) is 2.71. The number of carbonyl (C=O) groups is 1. The lowest BCUT2D eigenvalue weighted by molar-refractivity contribution is -0.125. The summed E-state index contributed by atoms with van der Waals surface area (Å²) in [6.07, 6.45) is 1.29. The molecule has 2 rings (SSSR count). The molecule has 0 saturated heterocycles. The Morgan fingerprint density at radius 1 is 1.57 bits per heavy atom. The summed E-state index contributed by atoms with van der Waals surface area (Å²) >= 11 is 5.14. The zero-order valence-electron chi connectivity index (χ0n) is 7.83. The third-order valence-electron chi connectivity index (χ3n) is 2.59. The van der Waals surface area contributed by atoms with Crippen LogP contribution >= 0.6 is 27.3 Å². The molecule has 0 spiro atoms. The van der Waals surface area contributed by atoms with Crippen molar-refractivity contribution in [3.8, 4) is 0 Å². The lowest BCUT2D eigenvalue weighted by Crippen LogP contribution is -2.14. The number of hydrogen-bond donors (Lipinski definition) is 0. The molecular formula is C10H11BrO2S. The highest BCUT2D eigenvalue weighted by molar-refractivity contribution is 9.11. The topological polar surface area (TPSA) is 26.3 Å². The number of ketones is 1. The normalized spacial score (nSPS) is 27.1. The van der Waals surface area contributed by atoms with Crippen LogP contribution in [0.2, 0.25) is 0 Å². The molecule has 2 atom stereocenters. The lowest BCUT2D eigenvalue weighted by Gasteiger charge is -2.06. The molecule has 2 nitrogen and oxygen atoms in total. The zero-order chi connectivity index (χ0) is 10.1. The molecule has 76 valence electrons. The van der Waals surface area contributed by atoms with Crippen molar-refractivity contribution in [3.63, 3.8) is 0 Å². The molecule has 0 radical (unpaired) electrons. The summed E-state index contributed by atoms with van der Waals surface area (Å²) in [6, 6.07) is 4.12. The molecule has 1 heterocycles. The largest absolute Gasteiger partial charge is 0.374 e. The van der Waals surface area contributed by atoms with Gasteiger partial charge in [-0.15, -0.1) is 11.3 Å². The van der Waals surface area contributed by atoms with Gasteiger partial charge in [0.2, 0.25) is 0 Å². The van der Waals surface area contributed by atoms with Gasteiger partial charge in [0.15, 0.2) is 5.78 Å². The number of carbonyl (C=O) groups excluding carboxylic acids is 1. The van der Waals surface area contributed by atoms with Crippen LogP contribution in [-0.4, -0.2) is 19.0 Å². The molecule has 0 aliphatic heterocycles. The molecule has 4 heteroatoms. The molecular weight excluding hydrogens is 264 g/mol. The predicted molar refractivity (Wildman–Crippen MR) is 59.8 cm³/mol. The van der Waals surface area contributed by atoms with Gasteiger partial charge in [-0.2, -0.15) is 0 Å². The van der Waals surface area contributed by atoms with E-state index in [9.17, 15) is 4.79 Å². The highest BCUT2D eigenvalue weighted by atomic mass is 79.9. The molecule has 2 unspecified atom stereocenters. The fourth-order valence-corrected chi connectivity index (χ4v) is 3.38. The zero-order valence-corrected chi connectivity index (χ0v) is 10.2. The Bertz CT molecular complexity index is 348. The number of hydrogen-bond acceptors (Lipinski definition) is 3. The van der Waals surface area contributed by atoms with Gasteiger partial charge in [-0.25, -0.2) is 0 Å². The number of methoxy groups -OCH3 is 1. The summed E-state index contributed by atoms with van der Waals surface area (Å²) in [5.74, 6) is 0.603. The van der Waals surface area contributed by atoms with E-state index in [-0.39, 0.29) is 11.9 Å². The summed E-state index contributed by atoms with van der Waals surface area (Å²) in [6.45, 7) is 0. The molecule has 0 N–H and O–H groups in total. The first-order chi connectivity index (χ1) is 6.70. The van der Waals surface area contributed by atoms with Crippen molar-refractivity contribution in [2.45, 2.75) is 24.9 Å². The fraction of sp³-hybridized carbons (Fsp3) is 0.500. The molecule has 14 heavy (non-hydrogen) atoms. The van der Waals surface area contributed by atoms with E-state index in [1.165, 1.54) is 4.88 Å². The van der Waals surface area contributed by atoms with E-state index in [1.54, 1.807) is 18.4 Å². The van der Waals surface area contributed by atoms with Gasteiger partial charge in [0.25, 0.3) is 0 Å². The van der Waals surface area contributed by atoms with Gasteiger partial charge in [-0.3, -0.25) is 4.79 Å². The minimum Gasteiger partial charge on any atom is -0.374 e. The standard InChI is InChI=1S/C10H11BrO2S/c1-13-8-5-6(4-7(8)12)9-2-3-10(11)14-9/h2-3,6,8H,4-5H2,1H3. The highest BCUT2D eigenvalue weighted by Gasteiger charge is 2.33. The van der Waals surface area contributed by atoms with Gasteiger partial charge in [0.1, 0.15) is 6.10 Å². The van der Waals surface area contributed by atoms with Crippen LogP contribution in [0.1, 0.15) is 23.6 Å². The van der Waals surface area contributed by atoms with E-state index in [4.69, 9.17) is 4.74 Å². The number of halogens is 1. The lowest BCUT2D eigenvalue weighted by atomic mass is 10.1. The van der Waals surface area contributed by atoms with Crippen molar-refractivity contribution in [1.82, 2.24) is 0 Å². The highest BCUT2D eigenvalue weighted by Crippen LogP contribution is 2.38. The first kappa shape index (κ1) is 10.3. The van der Waals surface area contributed by atoms with E-state index in [0.29, 0.717) is 12.3 Å². The minimum absolute atomic E-state index is 0.180. The maximum atomic E-state index is 11.5. The Labute approximate surface area is 95.4 Å². The summed E-state index contributed by atoms with van der Waals surface area (Å²) in [5.41, 5.74) is 0. The van der Waals surface area contributed by atoms with Crippen LogP contribution in [0, 0.1) is 0 Å². The smallest absolute Gasteiger partial charge is 0.162 e. The van der Waals surface area contributed by atoms with Crippen LogP contribution in [0.25, 0.3) is 0 Å². The SMILES string of the molecule is COC1CC(c2ccc(Br)s2)CC1=O. The molecule has 0 aromatic carbocycles. The van der Waals surface area contributed by atoms with Crippen LogP contribution in [0.4, 0.5) is 0 Å². The van der Waals surface area contributed by atoms with E-state index in [2.05, 4.69) is 22.0 Å². The average molecular weight is 275 g/mol. The van der Waals surface area contributed by atoms with Crippen molar-refractivity contribution < 1.29 is 9.53 Å². The monoisotopic (exact) mass is 274 g/mol. The minimum atomic E-state index is -0.180. The Morgan fingerprint density at radius 2 is 2.36 bits per heavy atom. The second-order valence-electron chi connectivity index (χ2n) is 3.47. The van der Waals surface area contributed by atoms with Crippen LogP contribution in [0.5, 0.6) is 0 Å². The number of ether oxygens (including phenoxy) is 1. The van der Waals surface area contributed by atoms with E-state index >= 15 is 0 Å². The third kappa shape index (κ3) is 1.92. The fourth-order valence-electron chi connectivity index (χ4n) is 1.84. The second-order valence-corrected chi connectivity index (χ2v) is 5.96. The first-order valence-corrected chi connectivity index (χ1v) is 6.12. The number of thiophene rings is 1. The Hall–Kier alpha value is -0.190. The van der Waals surface area contributed by atoms with Crippen LogP contribution < -0.4 is 0 Å². The molecule has 1 aromatic heterocycles. The maximum absolute atomic E-state index is 11.5. The van der Waals surface area contributed by atoms with Gasteiger partial charge in [-0.1, -0.05) is 0 Å². The first-order valence-electron chi connectivity index (χ1n) is 4.51. The van der Waals surface area contributed by atoms with Crippen LogP contribution in [0.3, 0.4) is 0 Å². The molecule has 1 fully saturated rings. The van der Waals surface area contributed by atoms with E-state index in [0.717, 1.165) is 10.2 Å². The summed E-state index contributed by atoms with van der Waals surface area (Å²) in [5, 5.41) is 0. The van der Waals surface area contributed by atoms with Gasteiger partial charge < -0.3 is 4.74 Å². The quantitative estimate of drug-likeness (QED) is 0.829. The van der Waals surface area contributed by atoms with Gasteiger partial charge in [0, 0.05) is 24.3 Å². The molecule has 1 aliphatic rings. The van der Waals surface area contributed by atoms with Crippen molar-refractivity contribution in [2.24, 2.45) is 0 Å². The Balaban J connectivity index is 2.12. The molecule has 1 saturated carbocycles. The molecule has 0 bridgehead atoms. The summed E-state index contributed by atoms with van der Waals surface area (Å²) in [7, 11) is 1.61. The summed E-state index contributed by atoms with van der Waals surface area (Å²) < 4.78 is 6.25. The van der Waals surface area contributed by atoms with Gasteiger partial charge >= 0.3 is 0 Å². The van der Waals surface area contributed by atoms with Crippen LogP contribution in [0.15, 0.2) is 15.9 Å². The third-order valence-corrected chi connectivity index (χ3v) is 4.37. The maximum Gasteiger partial charge on any atom is 0.162 e. The predicted octanol–water partition coefficient (Wildman–Crippen LogP) is 2.97. The second kappa shape index (κ2) is 4.13. The molecule has 0 amide bonds. The van der Waals surface area contributed by atoms with Gasteiger partial charge in [-0.05, 0) is 34.5 Å². The number of rotatable bonds is 2.